The molecule has 0 atom stereocenters. The Hall–Kier alpha value is -4.07. The minimum Gasteiger partial charge on any atom is -0.324 e. The molecule has 0 saturated carbocycles. The van der Waals surface area contributed by atoms with Gasteiger partial charge in [-0.3, -0.25) is 4.68 Å². The van der Waals surface area contributed by atoms with Crippen molar-refractivity contribution < 1.29 is 0 Å². The second-order valence-corrected chi connectivity index (χ2v) is 7.65. The smallest absolute Gasteiger partial charge is 0.227 e. The molecule has 8 heteroatoms. The number of aromatic nitrogens is 7. The topological polar surface area (TPSA) is 86.3 Å². The van der Waals surface area contributed by atoms with E-state index in [1.54, 1.807) is 11.0 Å². The van der Waals surface area contributed by atoms with E-state index in [1.165, 1.54) is 0 Å². The fourth-order valence-corrected chi connectivity index (χ4v) is 3.41. The fourth-order valence-electron chi connectivity index (χ4n) is 3.41. The molecule has 0 spiro atoms. The van der Waals surface area contributed by atoms with E-state index >= 15 is 0 Å². The van der Waals surface area contributed by atoms with Crippen LogP contribution in [0.4, 0.5) is 11.6 Å². The molecular formula is C23H22N8. The van der Waals surface area contributed by atoms with Crippen molar-refractivity contribution in [1.82, 2.24) is 34.5 Å². The number of nitrogens with zero attached hydrogens (tertiary/aromatic N) is 7. The molecular weight excluding hydrogens is 388 g/mol. The molecule has 3 aromatic heterocycles. The summed E-state index contributed by atoms with van der Waals surface area (Å²) in [6.45, 7) is 6.09. The van der Waals surface area contributed by atoms with E-state index in [0.29, 0.717) is 12.0 Å². The number of benzene rings is 2. The molecule has 0 saturated heterocycles. The summed E-state index contributed by atoms with van der Waals surface area (Å²) >= 11 is 0. The molecule has 2 aromatic carbocycles. The lowest BCUT2D eigenvalue weighted by atomic mass is 10.1. The Morgan fingerprint density at radius 1 is 0.968 bits per heavy atom. The standard InChI is InChI=1S/C23H22N8/c1-15(2)30-13-18(12-26-30)21-6-4-5-17-11-24-23(28-22(17)21)27-19-7-9-20(10-8-19)31-14-25-16(3)29-31/h4-15H,1-3H3,(H,24,27,28). The first-order chi connectivity index (χ1) is 15.1. The van der Waals surface area contributed by atoms with Crippen LogP contribution in [0.3, 0.4) is 0 Å². The van der Waals surface area contributed by atoms with Gasteiger partial charge in [-0.25, -0.2) is 19.6 Å². The summed E-state index contributed by atoms with van der Waals surface area (Å²) < 4.78 is 3.70. The molecule has 0 bridgehead atoms. The normalized spacial score (nSPS) is 11.4. The number of fused-ring (bicyclic) bond motifs is 1. The van der Waals surface area contributed by atoms with Crippen molar-refractivity contribution in [2.75, 3.05) is 5.32 Å². The Kier molecular flexibility index (Phi) is 4.66. The third-order valence-electron chi connectivity index (χ3n) is 5.05. The van der Waals surface area contributed by atoms with Gasteiger partial charge in [0, 0.05) is 40.6 Å². The van der Waals surface area contributed by atoms with Crippen molar-refractivity contribution in [3.63, 3.8) is 0 Å². The third-order valence-corrected chi connectivity index (χ3v) is 5.05. The Morgan fingerprint density at radius 3 is 2.52 bits per heavy atom. The number of para-hydroxylation sites is 1. The van der Waals surface area contributed by atoms with Crippen LogP contribution in [0.5, 0.6) is 0 Å². The van der Waals surface area contributed by atoms with Gasteiger partial charge in [-0.15, -0.1) is 0 Å². The van der Waals surface area contributed by atoms with Gasteiger partial charge in [0.05, 0.1) is 17.4 Å². The molecule has 0 amide bonds. The Bertz CT molecular complexity index is 1350. The average molecular weight is 410 g/mol. The lowest BCUT2D eigenvalue weighted by molar-refractivity contribution is 0.532. The predicted octanol–water partition coefficient (Wildman–Crippen LogP) is 4.71. The van der Waals surface area contributed by atoms with Crippen LogP contribution < -0.4 is 5.32 Å². The second-order valence-electron chi connectivity index (χ2n) is 7.65. The predicted molar refractivity (Wildman–Crippen MR) is 121 cm³/mol. The zero-order valence-corrected chi connectivity index (χ0v) is 17.6. The van der Waals surface area contributed by atoms with Crippen LogP contribution >= 0.6 is 0 Å². The number of aryl methyl sites for hydroxylation is 1. The lowest BCUT2D eigenvalue weighted by Crippen LogP contribution is -2.00. The highest BCUT2D eigenvalue weighted by Gasteiger charge is 2.10. The molecule has 31 heavy (non-hydrogen) atoms. The van der Waals surface area contributed by atoms with Gasteiger partial charge in [0.1, 0.15) is 12.2 Å². The second kappa shape index (κ2) is 7.64. The molecule has 0 aliphatic rings. The first-order valence-electron chi connectivity index (χ1n) is 10.1. The summed E-state index contributed by atoms with van der Waals surface area (Å²) in [5, 5.41) is 13.1. The van der Waals surface area contributed by atoms with Gasteiger partial charge in [-0.05, 0) is 45.0 Å². The van der Waals surface area contributed by atoms with Crippen molar-refractivity contribution in [1.29, 1.82) is 0 Å². The molecule has 3 heterocycles. The van der Waals surface area contributed by atoms with Crippen molar-refractivity contribution in [2.24, 2.45) is 0 Å². The van der Waals surface area contributed by atoms with Crippen molar-refractivity contribution in [3.05, 3.63) is 73.2 Å². The Labute approximate surface area is 179 Å². The van der Waals surface area contributed by atoms with E-state index in [2.05, 4.69) is 51.6 Å². The molecule has 8 nitrogen and oxygen atoms in total. The number of hydrogen-bond acceptors (Lipinski definition) is 6. The average Bonchev–Trinajstić information content (AvgIpc) is 3.43. The van der Waals surface area contributed by atoms with Crippen LogP contribution in [0.25, 0.3) is 27.7 Å². The molecule has 0 radical (unpaired) electrons. The maximum atomic E-state index is 4.80. The summed E-state index contributed by atoms with van der Waals surface area (Å²) in [4.78, 5) is 13.4. The molecule has 154 valence electrons. The third kappa shape index (κ3) is 3.75. The minimum atomic E-state index is 0.306. The first kappa shape index (κ1) is 18.9. The van der Waals surface area contributed by atoms with Gasteiger partial charge in [0.2, 0.25) is 5.95 Å². The number of nitrogens with one attached hydrogen (secondary N) is 1. The van der Waals surface area contributed by atoms with Crippen LogP contribution in [-0.4, -0.2) is 34.5 Å². The van der Waals surface area contributed by atoms with Crippen LogP contribution in [0, 0.1) is 6.92 Å². The Morgan fingerprint density at radius 2 is 1.81 bits per heavy atom. The highest BCUT2D eigenvalue weighted by molar-refractivity contribution is 5.93. The van der Waals surface area contributed by atoms with Crippen LogP contribution in [0.2, 0.25) is 0 Å². The number of hydrogen-bond donors (Lipinski definition) is 1. The van der Waals surface area contributed by atoms with E-state index in [9.17, 15) is 0 Å². The van der Waals surface area contributed by atoms with Gasteiger partial charge in [0.25, 0.3) is 0 Å². The first-order valence-corrected chi connectivity index (χ1v) is 10.1. The highest BCUT2D eigenvalue weighted by Crippen LogP contribution is 2.28. The van der Waals surface area contributed by atoms with E-state index in [1.807, 2.05) is 60.4 Å². The zero-order chi connectivity index (χ0) is 21.4. The van der Waals surface area contributed by atoms with Crippen molar-refractivity contribution >= 4 is 22.5 Å². The van der Waals surface area contributed by atoms with Gasteiger partial charge < -0.3 is 5.32 Å². The molecule has 0 unspecified atom stereocenters. The highest BCUT2D eigenvalue weighted by atomic mass is 15.3. The van der Waals surface area contributed by atoms with Crippen molar-refractivity contribution in [2.45, 2.75) is 26.8 Å². The van der Waals surface area contributed by atoms with Crippen LogP contribution in [0.1, 0.15) is 25.7 Å². The number of rotatable bonds is 5. The quantitative estimate of drug-likeness (QED) is 0.452. The molecule has 5 rings (SSSR count). The van der Waals surface area contributed by atoms with Crippen LogP contribution in [0.15, 0.2) is 67.4 Å². The number of anilines is 2. The largest absolute Gasteiger partial charge is 0.324 e. The van der Waals surface area contributed by atoms with Crippen LogP contribution in [-0.2, 0) is 0 Å². The molecule has 5 aromatic rings. The van der Waals surface area contributed by atoms with E-state index < -0.39 is 0 Å². The van der Waals surface area contributed by atoms with Gasteiger partial charge in [-0.1, -0.05) is 18.2 Å². The minimum absolute atomic E-state index is 0.306. The molecule has 1 N–H and O–H groups in total. The van der Waals surface area contributed by atoms with E-state index in [0.717, 1.165) is 39.2 Å². The lowest BCUT2D eigenvalue weighted by Gasteiger charge is -2.09. The zero-order valence-electron chi connectivity index (χ0n) is 17.6. The van der Waals surface area contributed by atoms with Gasteiger partial charge in [-0.2, -0.15) is 10.2 Å². The SMILES string of the molecule is Cc1ncn(-c2ccc(Nc3ncc4cccc(-c5cnn(C(C)C)c5)c4n3)cc2)n1. The van der Waals surface area contributed by atoms with Crippen molar-refractivity contribution in [3.8, 4) is 16.8 Å². The monoisotopic (exact) mass is 410 g/mol. The van der Waals surface area contributed by atoms with Gasteiger partial charge in [0.15, 0.2) is 0 Å². The van der Waals surface area contributed by atoms with E-state index in [4.69, 9.17) is 4.98 Å². The Balaban J connectivity index is 1.45. The summed E-state index contributed by atoms with van der Waals surface area (Å²) in [5.74, 6) is 1.28. The summed E-state index contributed by atoms with van der Waals surface area (Å²) in [7, 11) is 0. The molecule has 0 aliphatic carbocycles. The fraction of sp³-hybridized carbons (Fsp3) is 0.174. The van der Waals surface area contributed by atoms with E-state index in [-0.39, 0.29) is 0 Å². The maximum absolute atomic E-state index is 4.80. The maximum Gasteiger partial charge on any atom is 0.227 e. The molecule has 0 aliphatic heterocycles. The summed E-state index contributed by atoms with van der Waals surface area (Å²) in [5.41, 5.74) is 4.79. The molecule has 0 fully saturated rings. The van der Waals surface area contributed by atoms with Gasteiger partial charge >= 0.3 is 0 Å². The summed E-state index contributed by atoms with van der Waals surface area (Å²) in [6, 6.07) is 14.3. The summed E-state index contributed by atoms with van der Waals surface area (Å²) in [6.07, 6.45) is 7.48.